The Hall–Kier alpha value is -1.69. The molecule has 1 aromatic rings. The first-order chi connectivity index (χ1) is 9.10. The molecule has 0 N–H and O–H groups in total. The Kier molecular flexibility index (Phi) is 4.31. The van der Waals surface area contributed by atoms with Crippen LogP contribution in [0.5, 0.6) is 0 Å². The molecule has 6 heteroatoms. The minimum absolute atomic E-state index is 0.149. The number of ether oxygens (including phenoxy) is 2. The van der Waals surface area contributed by atoms with Gasteiger partial charge in [0.05, 0.1) is 43.8 Å². The van der Waals surface area contributed by atoms with Gasteiger partial charge in [0.1, 0.15) is 5.82 Å². The molecule has 1 unspecified atom stereocenters. The van der Waals surface area contributed by atoms with Crippen molar-refractivity contribution in [1.82, 2.24) is 9.97 Å². The van der Waals surface area contributed by atoms with Crippen LogP contribution in [0.25, 0.3) is 0 Å². The molecule has 1 fully saturated rings. The minimum atomic E-state index is -0.252. The summed E-state index contributed by atoms with van der Waals surface area (Å²) >= 11 is 0. The Labute approximate surface area is 112 Å². The molecule has 1 aliphatic rings. The summed E-state index contributed by atoms with van der Waals surface area (Å²) in [5.74, 6) is 0.583. The highest BCUT2D eigenvalue weighted by molar-refractivity contribution is 5.69. The van der Waals surface area contributed by atoms with Gasteiger partial charge in [-0.15, -0.1) is 0 Å². The van der Waals surface area contributed by atoms with Gasteiger partial charge in [0.25, 0.3) is 0 Å². The standard InChI is InChI=1S/C13H19N3O3/c1-9-10(2)15-12(7-14-9)16-4-5-19-11(8-16)6-13(17)18-3/h7,11H,4-6,8H2,1-3H3. The van der Waals surface area contributed by atoms with Gasteiger partial charge in [-0.3, -0.25) is 9.78 Å². The molecule has 19 heavy (non-hydrogen) atoms. The predicted octanol–water partition coefficient (Wildman–Crippen LogP) is 0.862. The van der Waals surface area contributed by atoms with Gasteiger partial charge in [0.2, 0.25) is 0 Å². The highest BCUT2D eigenvalue weighted by Gasteiger charge is 2.24. The van der Waals surface area contributed by atoms with E-state index in [1.54, 1.807) is 6.20 Å². The molecule has 0 spiro atoms. The zero-order valence-corrected chi connectivity index (χ0v) is 11.5. The average Bonchev–Trinajstić information content (AvgIpc) is 2.42. The van der Waals surface area contributed by atoms with Gasteiger partial charge < -0.3 is 14.4 Å². The van der Waals surface area contributed by atoms with Crippen LogP contribution >= 0.6 is 0 Å². The van der Waals surface area contributed by atoms with Crippen LogP contribution in [-0.2, 0) is 14.3 Å². The molecule has 6 nitrogen and oxygen atoms in total. The molecular formula is C13H19N3O3. The molecule has 104 valence electrons. The van der Waals surface area contributed by atoms with E-state index in [0.29, 0.717) is 13.2 Å². The van der Waals surface area contributed by atoms with Gasteiger partial charge in [-0.2, -0.15) is 0 Å². The number of hydrogen-bond donors (Lipinski definition) is 0. The number of anilines is 1. The fraction of sp³-hybridized carbons (Fsp3) is 0.615. The Bertz CT molecular complexity index is 464. The summed E-state index contributed by atoms with van der Waals surface area (Å²) in [6, 6.07) is 0. The Balaban J connectivity index is 2.04. The van der Waals surface area contributed by atoms with Crippen molar-refractivity contribution in [3.8, 4) is 0 Å². The molecule has 0 aromatic carbocycles. The summed E-state index contributed by atoms with van der Waals surface area (Å²) in [6.45, 7) is 5.85. The zero-order chi connectivity index (χ0) is 13.8. The summed E-state index contributed by atoms with van der Waals surface area (Å²) in [4.78, 5) is 22.2. The fourth-order valence-corrected chi connectivity index (χ4v) is 2.00. The monoisotopic (exact) mass is 265 g/mol. The molecule has 0 bridgehead atoms. The summed E-state index contributed by atoms with van der Waals surface area (Å²) in [6.07, 6.45) is 1.89. The van der Waals surface area contributed by atoms with E-state index >= 15 is 0 Å². The van der Waals surface area contributed by atoms with Gasteiger partial charge in [-0.05, 0) is 13.8 Å². The van der Waals surface area contributed by atoms with E-state index in [1.807, 2.05) is 13.8 Å². The quantitative estimate of drug-likeness (QED) is 0.755. The first kappa shape index (κ1) is 13.7. The summed E-state index contributed by atoms with van der Waals surface area (Å²) < 4.78 is 10.2. The molecule has 0 saturated carbocycles. The Morgan fingerprint density at radius 1 is 1.53 bits per heavy atom. The normalized spacial score (nSPS) is 19.3. The lowest BCUT2D eigenvalue weighted by molar-refractivity contribution is -0.144. The van der Waals surface area contributed by atoms with Crippen LogP contribution in [0, 0.1) is 13.8 Å². The van der Waals surface area contributed by atoms with Crippen LogP contribution in [0.15, 0.2) is 6.20 Å². The molecule has 2 heterocycles. The lowest BCUT2D eigenvalue weighted by Gasteiger charge is -2.33. The number of carbonyl (C=O) groups is 1. The van der Waals surface area contributed by atoms with Crippen molar-refractivity contribution >= 4 is 11.8 Å². The molecule has 0 radical (unpaired) electrons. The number of hydrogen-bond acceptors (Lipinski definition) is 6. The van der Waals surface area contributed by atoms with Gasteiger partial charge in [0.15, 0.2) is 0 Å². The summed E-state index contributed by atoms with van der Waals surface area (Å²) in [5.41, 5.74) is 1.86. The van der Waals surface area contributed by atoms with Gasteiger partial charge in [-0.25, -0.2) is 4.98 Å². The fourth-order valence-electron chi connectivity index (χ4n) is 2.00. The molecule has 1 aliphatic heterocycles. The smallest absolute Gasteiger partial charge is 0.308 e. The van der Waals surface area contributed by atoms with Gasteiger partial charge in [0, 0.05) is 13.1 Å². The second-order valence-corrected chi connectivity index (χ2v) is 4.62. The second kappa shape index (κ2) is 5.97. The highest BCUT2D eigenvalue weighted by Crippen LogP contribution is 2.17. The number of carbonyl (C=O) groups excluding carboxylic acids is 1. The Morgan fingerprint density at radius 3 is 3.00 bits per heavy atom. The van der Waals surface area contributed by atoms with Gasteiger partial charge >= 0.3 is 5.97 Å². The average molecular weight is 265 g/mol. The number of nitrogens with zero attached hydrogens (tertiary/aromatic N) is 3. The van der Waals surface area contributed by atoms with Crippen molar-refractivity contribution in [2.24, 2.45) is 0 Å². The first-order valence-electron chi connectivity index (χ1n) is 6.33. The number of methoxy groups -OCH3 is 1. The van der Waals surface area contributed by atoms with E-state index in [4.69, 9.17) is 4.74 Å². The van der Waals surface area contributed by atoms with Crippen molar-refractivity contribution in [2.75, 3.05) is 31.7 Å². The third-order valence-electron chi connectivity index (χ3n) is 3.26. The minimum Gasteiger partial charge on any atom is -0.469 e. The molecule has 1 saturated heterocycles. The van der Waals surface area contributed by atoms with E-state index in [-0.39, 0.29) is 18.5 Å². The highest BCUT2D eigenvalue weighted by atomic mass is 16.5. The van der Waals surface area contributed by atoms with Crippen LogP contribution < -0.4 is 4.90 Å². The Morgan fingerprint density at radius 2 is 2.32 bits per heavy atom. The van der Waals surface area contributed by atoms with E-state index in [0.717, 1.165) is 23.8 Å². The predicted molar refractivity (Wildman–Crippen MR) is 70.1 cm³/mol. The molecule has 2 rings (SSSR count). The van der Waals surface area contributed by atoms with Gasteiger partial charge in [-0.1, -0.05) is 0 Å². The third kappa shape index (κ3) is 3.41. The lowest BCUT2D eigenvalue weighted by atomic mass is 10.2. The van der Waals surface area contributed by atoms with Crippen LogP contribution in [0.1, 0.15) is 17.8 Å². The van der Waals surface area contributed by atoms with Crippen molar-refractivity contribution in [2.45, 2.75) is 26.4 Å². The van der Waals surface area contributed by atoms with Crippen LogP contribution in [0.3, 0.4) is 0 Å². The maximum absolute atomic E-state index is 11.3. The van der Waals surface area contributed by atoms with Crippen molar-refractivity contribution in [3.63, 3.8) is 0 Å². The van der Waals surface area contributed by atoms with Crippen LogP contribution in [-0.4, -0.2) is 48.8 Å². The van der Waals surface area contributed by atoms with Crippen molar-refractivity contribution < 1.29 is 14.3 Å². The number of esters is 1. The van der Waals surface area contributed by atoms with Crippen molar-refractivity contribution in [1.29, 1.82) is 0 Å². The number of aryl methyl sites for hydroxylation is 2. The molecule has 0 amide bonds. The third-order valence-corrected chi connectivity index (χ3v) is 3.26. The SMILES string of the molecule is COC(=O)CC1CN(c2cnc(C)c(C)n2)CCO1. The second-order valence-electron chi connectivity index (χ2n) is 4.62. The largest absolute Gasteiger partial charge is 0.469 e. The van der Waals surface area contributed by atoms with Crippen LogP contribution in [0.4, 0.5) is 5.82 Å². The number of morpholine rings is 1. The molecule has 1 atom stereocenters. The zero-order valence-electron chi connectivity index (χ0n) is 11.5. The molecular weight excluding hydrogens is 246 g/mol. The number of aromatic nitrogens is 2. The maximum Gasteiger partial charge on any atom is 0.308 e. The van der Waals surface area contributed by atoms with E-state index in [9.17, 15) is 4.79 Å². The van der Waals surface area contributed by atoms with Crippen molar-refractivity contribution in [3.05, 3.63) is 17.6 Å². The molecule has 1 aromatic heterocycles. The van der Waals surface area contributed by atoms with E-state index in [2.05, 4.69) is 19.6 Å². The summed E-state index contributed by atoms with van der Waals surface area (Å²) in [5, 5.41) is 0. The maximum atomic E-state index is 11.3. The topological polar surface area (TPSA) is 64.5 Å². The van der Waals surface area contributed by atoms with E-state index < -0.39 is 0 Å². The van der Waals surface area contributed by atoms with E-state index in [1.165, 1.54) is 7.11 Å². The van der Waals surface area contributed by atoms with Crippen LogP contribution in [0.2, 0.25) is 0 Å². The molecule has 0 aliphatic carbocycles. The lowest BCUT2D eigenvalue weighted by Crippen LogP contribution is -2.44. The number of rotatable bonds is 3. The summed E-state index contributed by atoms with van der Waals surface area (Å²) in [7, 11) is 1.39. The first-order valence-corrected chi connectivity index (χ1v) is 6.33.